The fourth-order valence-corrected chi connectivity index (χ4v) is 1.90. The Hall–Kier alpha value is -2.42. The van der Waals surface area contributed by atoms with Crippen molar-refractivity contribution in [3.8, 4) is 0 Å². The van der Waals surface area contributed by atoms with Crippen molar-refractivity contribution < 1.29 is 14.7 Å². The number of imidazole rings is 1. The number of H-pyrrole nitrogens is 2. The lowest BCUT2D eigenvalue weighted by Gasteiger charge is -1.99. The van der Waals surface area contributed by atoms with E-state index in [2.05, 4.69) is 20.3 Å². The minimum absolute atomic E-state index is 0.0562. The van der Waals surface area contributed by atoms with Crippen LogP contribution in [-0.4, -0.2) is 31.9 Å². The molecule has 0 saturated heterocycles. The molecule has 2 heterocycles. The largest absolute Gasteiger partial charge is 0.476 e. The van der Waals surface area contributed by atoms with E-state index in [0.717, 1.165) is 11.3 Å². The van der Waals surface area contributed by atoms with Crippen molar-refractivity contribution in [2.45, 2.75) is 6.54 Å². The standard InChI is InChI=1S/C9H8N4O4S/c14-7(4-1-11-9(17)13-4)10-2-6-12-5(3-18-6)8(15)16/h1,3H,2H2,(H,10,14)(H,15,16)(H2,11,13,17). The molecule has 2 aromatic rings. The van der Waals surface area contributed by atoms with E-state index in [1.54, 1.807) is 0 Å². The number of hydrogen-bond acceptors (Lipinski definition) is 5. The van der Waals surface area contributed by atoms with Gasteiger partial charge in [-0.05, 0) is 0 Å². The Morgan fingerprint density at radius 1 is 1.50 bits per heavy atom. The predicted octanol–water partition coefficient (Wildman–Crippen LogP) is -0.212. The van der Waals surface area contributed by atoms with Crippen molar-refractivity contribution in [2.24, 2.45) is 0 Å². The number of carboxylic acid groups (broad SMARTS) is 1. The van der Waals surface area contributed by atoms with Gasteiger partial charge in [-0.15, -0.1) is 11.3 Å². The first-order valence-corrected chi connectivity index (χ1v) is 5.68. The smallest absolute Gasteiger partial charge is 0.355 e. The van der Waals surface area contributed by atoms with E-state index in [1.165, 1.54) is 11.6 Å². The number of carbonyl (C=O) groups is 2. The summed E-state index contributed by atoms with van der Waals surface area (Å²) in [5.74, 6) is -1.58. The molecule has 18 heavy (non-hydrogen) atoms. The minimum Gasteiger partial charge on any atom is -0.476 e. The number of amides is 1. The van der Waals surface area contributed by atoms with Gasteiger partial charge in [0.25, 0.3) is 5.91 Å². The summed E-state index contributed by atoms with van der Waals surface area (Å²) >= 11 is 1.13. The number of nitrogens with one attached hydrogen (secondary N) is 3. The topological polar surface area (TPSA) is 128 Å². The monoisotopic (exact) mass is 268 g/mol. The SMILES string of the molecule is O=C(O)c1csc(CNC(=O)c2c[nH]c(=O)[nH]2)n1. The Balaban J connectivity index is 1.97. The maximum atomic E-state index is 11.5. The molecule has 0 fully saturated rings. The lowest BCUT2D eigenvalue weighted by molar-refractivity contribution is 0.0691. The van der Waals surface area contributed by atoms with Crippen molar-refractivity contribution in [3.63, 3.8) is 0 Å². The molecule has 0 atom stereocenters. The van der Waals surface area contributed by atoms with Gasteiger partial charge in [0.1, 0.15) is 10.7 Å². The highest BCUT2D eigenvalue weighted by atomic mass is 32.1. The number of aromatic nitrogens is 3. The highest BCUT2D eigenvalue weighted by molar-refractivity contribution is 7.09. The van der Waals surface area contributed by atoms with Gasteiger partial charge in [-0.1, -0.05) is 0 Å². The van der Waals surface area contributed by atoms with Gasteiger partial charge >= 0.3 is 11.7 Å². The maximum Gasteiger partial charge on any atom is 0.355 e. The molecule has 1 amide bonds. The summed E-state index contributed by atoms with van der Waals surface area (Å²) in [5, 5.41) is 13.0. The zero-order chi connectivity index (χ0) is 13.1. The van der Waals surface area contributed by atoms with Crippen LogP contribution in [-0.2, 0) is 6.54 Å². The number of thiazole rings is 1. The molecule has 0 aliphatic heterocycles. The van der Waals surface area contributed by atoms with Gasteiger partial charge in [-0.3, -0.25) is 4.79 Å². The lowest BCUT2D eigenvalue weighted by atomic mass is 10.4. The number of aromatic amines is 2. The van der Waals surface area contributed by atoms with Crippen LogP contribution in [0.4, 0.5) is 0 Å². The van der Waals surface area contributed by atoms with Crippen LogP contribution in [0.15, 0.2) is 16.4 Å². The van der Waals surface area contributed by atoms with Gasteiger partial charge in [-0.2, -0.15) is 0 Å². The molecule has 2 rings (SSSR count). The molecule has 0 radical (unpaired) electrons. The molecule has 0 saturated carbocycles. The van der Waals surface area contributed by atoms with E-state index in [1.807, 2.05) is 0 Å². The Morgan fingerprint density at radius 3 is 2.83 bits per heavy atom. The van der Waals surface area contributed by atoms with Gasteiger partial charge in [0.05, 0.1) is 6.54 Å². The Bertz CT molecular complexity index is 641. The fourth-order valence-electron chi connectivity index (χ4n) is 1.20. The van der Waals surface area contributed by atoms with Crippen molar-refractivity contribution in [1.82, 2.24) is 20.3 Å². The molecule has 0 unspecified atom stereocenters. The average molecular weight is 268 g/mol. The first kappa shape index (κ1) is 12.0. The van der Waals surface area contributed by atoms with Crippen LogP contribution >= 0.6 is 11.3 Å². The summed E-state index contributed by atoms with van der Waals surface area (Å²) in [6.45, 7) is 0.101. The first-order chi connectivity index (χ1) is 8.56. The zero-order valence-electron chi connectivity index (χ0n) is 8.89. The number of hydrogen-bond donors (Lipinski definition) is 4. The quantitative estimate of drug-likeness (QED) is 0.610. The molecule has 8 nitrogen and oxygen atoms in total. The van der Waals surface area contributed by atoms with Crippen LogP contribution in [0.2, 0.25) is 0 Å². The second kappa shape index (κ2) is 4.84. The number of rotatable bonds is 4. The van der Waals surface area contributed by atoms with Crippen LogP contribution in [0.5, 0.6) is 0 Å². The highest BCUT2D eigenvalue weighted by Gasteiger charge is 2.11. The second-order valence-electron chi connectivity index (χ2n) is 3.27. The summed E-state index contributed by atoms with van der Waals surface area (Å²) in [4.78, 5) is 41.3. The highest BCUT2D eigenvalue weighted by Crippen LogP contribution is 2.09. The first-order valence-electron chi connectivity index (χ1n) is 4.80. The zero-order valence-corrected chi connectivity index (χ0v) is 9.71. The summed E-state index contributed by atoms with van der Waals surface area (Å²) < 4.78 is 0. The van der Waals surface area contributed by atoms with Crippen molar-refractivity contribution in [2.75, 3.05) is 0 Å². The maximum absolute atomic E-state index is 11.5. The average Bonchev–Trinajstić information content (AvgIpc) is 2.94. The van der Waals surface area contributed by atoms with Gasteiger partial charge in [0.15, 0.2) is 5.69 Å². The Kier molecular flexibility index (Phi) is 3.24. The summed E-state index contributed by atoms with van der Waals surface area (Å²) in [5.41, 5.74) is -0.420. The van der Waals surface area contributed by atoms with Crippen LogP contribution in [0.1, 0.15) is 26.0 Å². The van der Waals surface area contributed by atoms with Gasteiger partial charge in [0, 0.05) is 11.6 Å². The molecule has 9 heteroatoms. The van der Waals surface area contributed by atoms with E-state index in [4.69, 9.17) is 5.11 Å². The molecule has 2 aromatic heterocycles. The van der Waals surface area contributed by atoms with Crippen molar-refractivity contribution in [3.05, 3.63) is 38.5 Å². The van der Waals surface area contributed by atoms with Crippen molar-refractivity contribution in [1.29, 1.82) is 0 Å². The van der Waals surface area contributed by atoms with Crippen LogP contribution in [0.3, 0.4) is 0 Å². The minimum atomic E-state index is -1.11. The van der Waals surface area contributed by atoms with Crippen LogP contribution < -0.4 is 11.0 Å². The third kappa shape index (κ3) is 2.63. The number of nitrogens with zero attached hydrogens (tertiary/aromatic N) is 1. The molecular weight excluding hydrogens is 260 g/mol. The molecule has 0 bridgehead atoms. The van der Waals surface area contributed by atoms with E-state index < -0.39 is 17.6 Å². The normalized spacial score (nSPS) is 10.2. The van der Waals surface area contributed by atoms with Crippen LogP contribution in [0.25, 0.3) is 0 Å². The van der Waals surface area contributed by atoms with E-state index in [9.17, 15) is 14.4 Å². The van der Waals surface area contributed by atoms with E-state index in [0.29, 0.717) is 5.01 Å². The molecule has 0 spiro atoms. The van der Waals surface area contributed by atoms with E-state index in [-0.39, 0.29) is 17.9 Å². The number of carboxylic acids is 1. The summed E-state index contributed by atoms with van der Waals surface area (Å²) in [6.07, 6.45) is 1.25. The summed E-state index contributed by atoms with van der Waals surface area (Å²) in [6, 6.07) is 0. The third-order valence-electron chi connectivity index (χ3n) is 2.01. The number of aromatic carboxylic acids is 1. The molecule has 94 valence electrons. The van der Waals surface area contributed by atoms with Crippen LogP contribution in [0, 0.1) is 0 Å². The third-order valence-corrected chi connectivity index (χ3v) is 2.86. The Morgan fingerprint density at radius 2 is 2.28 bits per heavy atom. The summed E-state index contributed by atoms with van der Waals surface area (Å²) in [7, 11) is 0. The molecule has 4 N–H and O–H groups in total. The van der Waals surface area contributed by atoms with Crippen molar-refractivity contribution >= 4 is 23.2 Å². The predicted molar refractivity (Wildman–Crippen MR) is 61.7 cm³/mol. The second-order valence-corrected chi connectivity index (χ2v) is 4.21. The fraction of sp³-hybridized carbons (Fsp3) is 0.111. The number of carbonyl (C=O) groups excluding carboxylic acids is 1. The molecular formula is C9H8N4O4S. The molecule has 0 aliphatic carbocycles. The molecule has 0 aromatic carbocycles. The van der Waals surface area contributed by atoms with E-state index >= 15 is 0 Å². The van der Waals surface area contributed by atoms with Gasteiger partial charge < -0.3 is 20.4 Å². The van der Waals surface area contributed by atoms with Gasteiger partial charge in [-0.25, -0.2) is 14.6 Å². The lowest BCUT2D eigenvalue weighted by Crippen LogP contribution is -2.23. The van der Waals surface area contributed by atoms with Gasteiger partial charge in [0.2, 0.25) is 0 Å². The molecule has 0 aliphatic rings. The Labute approximate surface area is 104 Å².